The Morgan fingerprint density at radius 1 is 1.57 bits per heavy atom. The molecule has 0 saturated carbocycles. The lowest BCUT2D eigenvalue weighted by molar-refractivity contribution is -0.117. The summed E-state index contributed by atoms with van der Waals surface area (Å²) >= 11 is 0. The highest BCUT2D eigenvalue weighted by atomic mass is 16.2. The molecule has 1 atom stereocenters. The number of hydrogen-bond acceptors (Lipinski definition) is 3. The van der Waals surface area contributed by atoms with E-state index in [9.17, 15) is 4.79 Å². The Bertz CT molecular complexity index is 316. The van der Waals surface area contributed by atoms with E-state index >= 15 is 0 Å². The van der Waals surface area contributed by atoms with Crippen LogP contribution in [0.3, 0.4) is 0 Å². The molecule has 0 radical (unpaired) electrons. The third-order valence-electron chi connectivity index (χ3n) is 1.81. The van der Waals surface area contributed by atoms with Crippen molar-refractivity contribution in [1.82, 2.24) is 9.78 Å². The fourth-order valence-electron chi connectivity index (χ4n) is 0.941. The van der Waals surface area contributed by atoms with Crippen molar-refractivity contribution < 1.29 is 4.79 Å². The van der Waals surface area contributed by atoms with E-state index < -0.39 is 6.04 Å². The van der Waals surface area contributed by atoms with Gasteiger partial charge in [-0.25, -0.2) is 0 Å². The summed E-state index contributed by atoms with van der Waals surface area (Å²) in [6.07, 6.45) is 3.39. The van der Waals surface area contributed by atoms with Crippen LogP contribution in [0.25, 0.3) is 0 Å². The zero-order chi connectivity index (χ0) is 10.7. The highest BCUT2D eigenvalue weighted by Gasteiger charge is 2.09. The molecule has 1 heterocycles. The second-order valence-electron chi connectivity index (χ2n) is 3.58. The van der Waals surface area contributed by atoms with Crippen molar-refractivity contribution in [3.63, 3.8) is 0 Å². The van der Waals surface area contributed by atoms with Crippen LogP contribution in [0.4, 0.5) is 5.69 Å². The number of nitrogens with one attached hydrogen (secondary N) is 1. The third-order valence-corrected chi connectivity index (χ3v) is 1.81. The van der Waals surface area contributed by atoms with E-state index in [2.05, 4.69) is 10.4 Å². The van der Waals surface area contributed by atoms with Crippen LogP contribution in [0.1, 0.15) is 26.8 Å². The Morgan fingerprint density at radius 2 is 2.21 bits per heavy atom. The molecule has 0 saturated heterocycles. The van der Waals surface area contributed by atoms with E-state index in [4.69, 9.17) is 5.73 Å². The van der Waals surface area contributed by atoms with E-state index in [-0.39, 0.29) is 11.9 Å². The van der Waals surface area contributed by atoms with Crippen LogP contribution < -0.4 is 11.1 Å². The number of nitrogens with two attached hydrogens (primary N) is 1. The van der Waals surface area contributed by atoms with E-state index in [0.29, 0.717) is 5.69 Å². The zero-order valence-electron chi connectivity index (χ0n) is 8.69. The van der Waals surface area contributed by atoms with Gasteiger partial charge in [-0.3, -0.25) is 9.48 Å². The summed E-state index contributed by atoms with van der Waals surface area (Å²) in [6.45, 7) is 5.68. The molecule has 1 rings (SSSR count). The van der Waals surface area contributed by atoms with E-state index in [0.717, 1.165) is 0 Å². The van der Waals surface area contributed by atoms with Gasteiger partial charge in [0.15, 0.2) is 0 Å². The molecule has 3 N–H and O–H groups in total. The second kappa shape index (κ2) is 4.23. The maximum atomic E-state index is 11.2. The standard InChI is InChI=1S/C9H16N4O/c1-6(2)13-5-8(4-11-13)12-9(14)7(3)10/h4-7H,10H2,1-3H3,(H,12,14)/t7-/m1/s1. The summed E-state index contributed by atoms with van der Waals surface area (Å²) in [5.41, 5.74) is 6.09. The van der Waals surface area contributed by atoms with Gasteiger partial charge in [0.1, 0.15) is 0 Å². The number of nitrogens with zero attached hydrogens (tertiary/aromatic N) is 2. The second-order valence-corrected chi connectivity index (χ2v) is 3.58. The molecule has 0 bridgehead atoms. The van der Waals surface area contributed by atoms with Gasteiger partial charge in [-0.1, -0.05) is 0 Å². The number of hydrogen-bond donors (Lipinski definition) is 2. The van der Waals surface area contributed by atoms with E-state index in [1.54, 1.807) is 24.0 Å². The summed E-state index contributed by atoms with van der Waals surface area (Å²) in [6, 6.07) is -0.214. The maximum absolute atomic E-state index is 11.2. The highest BCUT2D eigenvalue weighted by Crippen LogP contribution is 2.09. The lowest BCUT2D eigenvalue weighted by Crippen LogP contribution is -2.32. The molecule has 0 aliphatic carbocycles. The largest absolute Gasteiger partial charge is 0.322 e. The van der Waals surface area contributed by atoms with Crippen molar-refractivity contribution in [2.24, 2.45) is 5.73 Å². The molecule has 0 spiro atoms. The van der Waals surface area contributed by atoms with E-state index in [1.165, 1.54) is 0 Å². The minimum absolute atomic E-state index is 0.201. The quantitative estimate of drug-likeness (QED) is 0.749. The normalized spacial score (nSPS) is 12.9. The molecule has 1 aromatic rings. The van der Waals surface area contributed by atoms with Crippen molar-refractivity contribution in [2.75, 3.05) is 5.32 Å². The Balaban J connectivity index is 2.64. The maximum Gasteiger partial charge on any atom is 0.241 e. The first-order valence-corrected chi connectivity index (χ1v) is 4.61. The van der Waals surface area contributed by atoms with Crippen LogP contribution in [0, 0.1) is 0 Å². The average molecular weight is 196 g/mol. The first kappa shape index (κ1) is 10.7. The molecule has 5 heteroatoms. The van der Waals surface area contributed by atoms with Crippen LogP contribution >= 0.6 is 0 Å². The van der Waals surface area contributed by atoms with Gasteiger partial charge < -0.3 is 11.1 Å². The molecular formula is C9H16N4O. The number of carbonyl (C=O) groups is 1. The van der Waals surface area contributed by atoms with Gasteiger partial charge in [-0.05, 0) is 20.8 Å². The van der Waals surface area contributed by atoms with Gasteiger partial charge >= 0.3 is 0 Å². The zero-order valence-corrected chi connectivity index (χ0v) is 8.69. The number of aromatic nitrogens is 2. The molecule has 5 nitrogen and oxygen atoms in total. The monoisotopic (exact) mass is 196 g/mol. The average Bonchev–Trinajstić information content (AvgIpc) is 2.52. The lowest BCUT2D eigenvalue weighted by Gasteiger charge is -2.05. The summed E-state index contributed by atoms with van der Waals surface area (Å²) < 4.78 is 1.77. The van der Waals surface area contributed by atoms with Crippen molar-refractivity contribution in [3.8, 4) is 0 Å². The minimum Gasteiger partial charge on any atom is -0.322 e. The van der Waals surface area contributed by atoms with Crippen LogP contribution in [-0.4, -0.2) is 21.7 Å². The molecule has 14 heavy (non-hydrogen) atoms. The Hall–Kier alpha value is -1.36. The van der Waals surface area contributed by atoms with Gasteiger partial charge in [-0.2, -0.15) is 5.10 Å². The number of carbonyl (C=O) groups excluding carboxylic acids is 1. The van der Waals surface area contributed by atoms with Crippen LogP contribution in [-0.2, 0) is 4.79 Å². The van der Waals surface area contributed by atoms with Gasteiger partial charge in [0.05, 0.1) is 17.9 Å². The lowest BCUT2D eigenvalue weighted by atomic mass is 10.3. The molecule has 0 fully saturated rings. The first-order valence-electron chi connectivity index (χ1n) is 4.61. The van der Waals surface area contributed by atoms with Gasteiger partial charge in [-0.15, -0.1) is 0 Å². The summed E-state index contributed by atoms with van der Waals surface area (Å²) in [5, 5.41) is 6.76. The summed E-state index contributed by atoms with van der Waals surface area (Å²) in [5.74, 6) is -0.201. The predicted octanol–water partition coefficient (Wildman–Crippen LogP) is 0.750. The predicted molar refractivity (Wildman–Crippen MR) is 54.9 cm³/mol. The van der Waals surface area contributed by atoms with Crippen molar-refractivity contribution in [1.29, 1.82) is 0 Å². The summed E-state index contributed by atoms with van der Waals surface area (Å²) in [4.78, 5) is 11.2. The Labute approximate surface area is 83.3 Å². The Morgan fingerprint density at radius 3 is 2.64 bits per heavy atom. The number of amides is 1. The SMILES string of the molecule is CC(C)n1cc(NC(=O)[C@@H](C)N)cn1. The third kappa shape index (κ3) is 2.56. The molecule has 0 aromatic carbocycles. The topological polar surface area (TPSA) is 72.9 Å². The molecule has 0 aliphatic rings. The van der Waals surface area contributed by atoms with Gasteiger partial charge in [0, 0.05) is 12.2 Å². The fourth-order valence-corrected chi connectivity index (χ4v) is 0.941. The number of rotatable bonds is 3. The number of anilines is 1. The minimum atomic E-state index is -0.502. The molecule has 0 aliphatic heterocycles. The smallest absolute Gasteiger partial charge is 0.241 e. The molecule has 78 valence electrons. The van der Waals surface area contributed by atoms with Crippen molar-refractivity contribution in [3.05, 3.63) is 12.4 Å². The molecule has 1 aromatic heterocycles. The van der Waals surface area contributed by atoms with E-state index in [1.807, 2.05) is 13.8 Å². The fraction of sp³-hybridized carbons (Fsp3) is 0.556. The molecular weight excluding hydrogens is 180 g/mol. The van der Waals surface area contributed by atoms with Crippen molar-refractivity contribution in [2.45, 2.75) is 32.9 Å². The molecule has 0 unspecified atom stereocenters. The van der Waals surface area contributed by atoms with Gasteiger partial charge in [0.25, 0.3) is 0 Å². The van der Waals surface area contributed by atoms with Crippen molar-refractivity contribution >= 4 is 11.6 Å². The molecule has 1 amide bonds. The van der Waals surface area contributed by atoms with Crippen LogP contribution in [0.5, 0.6) is 0 Å². The van der Waals surface area contributed by atoms with Gasteiger partial charge in [0.2, 0.25) is 5.91 Å². The van der Waals surface area contributed by atoms with Crippen LogP contribution in [0.2, 0.25) is 0 Å². The highest BCUT2D eigenvalue weighted by molar-refractivity contribution is 5.94. The van der Waals surface area contributed by atoms with Crippen LogP contribution in [0.15, 0.2) is 12.4 Å². The Kier molecular flexibility index (Phi) is 3.24. The summed E-state index contributed by atoms with van der Waals surface area (Å²) in [7, 11) is 0. The first-order chi connectivity index (χ1) is 6.50.